The predicted octanol–water partition coefficient (Wildman–Crippen LogP) is 4.39. The van der Waals surface area contributed by atoms with Gasteiger partial charge >= 0.3 is 6.03 Å². The molecule has 0 unspecified atom stereocenters. The van der Waals surface area contributed by atoms with E-state index in [4.69, 9.17) is 27.7 Å². The Morgan fingerprint density at radius 3 is 2.62 bits per heavy atom. The van der Waals surface area contributed by atoms with Crippen LogP contribution in [-0.2, 0) is 6.54 Å². The standard InChI is InChI=1S/C20H19Cl2N5O2/c21-14-4-3-5-15(12-14)23-20(28)27-10-8-26(9-11-27)13-18-24-19(29-25-18)16-6-1-2-7-17(16)22/h1-7,12H,8-11,13H2,(H,23,28). The van der Waals surface area contributed by atoms with Crippen LogP contribution in [0.15, 0.2) is 53.1 Å². The molecular formula is C20H19Cl2N5O2. The normalized spacial score (nSPS) is 14.8. The highest BCUT2D eigenvalue weighted by molar-refractivity contribution is 6.33. The molecule has 1 aromatic heterocycles. The maximum absolute atomic E-state index is 12.4. The zero-order valence-electron chi connectivity index (χ0n) is 15.5. The molecule has 1 N–H and O–H groups in total. The Morgan fingerprint density at radius 2 is 1.86 bits per heavy atom. The Hall–Kier alpha value is -2.61. The van der Waals surface area contributed by atoms with Crippen LogP contribution in [0.1, 0.15) is 5.82 Å². The maximum atomic E-state index is 12.4. The Labute approximate surface area is 178 Å². The molecule has 0 spiro atoms. The fraction of sp³-hybridized carbons (Fsp3) is 0.250. The van der Waals surface area contributed by atoms with E-state index in [2.05, 4.69) is 20.4 Å². The second-order valence-corrected chi connectivity index (χ2v) is 7.54. The molecule has 0 saturated carbocycles. The van der Waals surface area contributed by atoms with Crippen molar-refractivity contribution in [3.8, 4) is 11.5 Å². The van der Waals surface area contributed by atoms with Crippen LogP contribution in [-0.4, -0.2) is 52.2 Å². The van der Waals surface area contributed by atoms with Crippen molar-refractivity contribution in [2.24, 2.45) is 0 Å². The summed E-state index contributed by atoms with van der Waals surface area (Å²) < 4.78 is 5.35. The Balaban J connectivity index is 1.30. The van der Waals surface area contributed by atoms with E-state index in [1.54, 1.807) is 29.2 Å². The van der Waals surface area contributed by atoms with Crippen molar-refractivity contribution in [1.82, 2.24) is 19.9 Å². The van der Waals surface area contributed by atoms with Crippen molar-refractivity contribution in [1.29, 1.82) is 0 Å². The highest BCUT2D eigenvalue weighted by Gasteiger charge is 2.23. The Kier molecular flexibility index (Phi) is 5.99. The van der Waals surface area contributed by atoms with Gasteiger partial charge in [0.25, 0.3) is 5.89 Å². The van der Waals surface area contributed by atoms with Gasteiger partial charge in [-0.3, -0.25) is 4.90 Å². The highest BCUT2D eigenvalue weighted by atomic mass is 35.5. The molecule has 3 aromatic rings. The number of piperazine rings is 1. The minimum atomic E-state index is -0.132. The fourth-order valence-electron chi connectivity index (χ4n) is 3.14. The van der Waals surface area contributed by atoms with Crippen molar-refractivity contribution in [3.63, 3.8) is 0 Å². The summed E-state index contributed by atoms with van der Waals surface area (Å²) in [6.45, 7) is 3.22. The molecule has 0 bridgehead atoms. The first-order chi connectivity index (χ1) is 14.1. The lowest BCUT2D eigenvalue weighted by Gasteiger charge is -2.34. The van der Waals surface area contributed by atoms with Gasteiger partial charge in [0.1, 0.15) is 0 Å². The molecule has 7 nitrogen and oxygen atoms in total. The first-order valence-corrected chi connectivity index (χ1v) is 9.95. The van der Waals surface area contributed by atoms with Crippen LogP contribution in [0.25, 0.3) is 11.5 Å². The van der Waals surface area contributed by atoms with Gasteiger partial charge in [-0.05, 0) is 30.3 Å². The maximum Gasteiger partial charge on any atom is 0.321 e. The quantitative estimate of drug-likeness (QED) is 0.662. The number of carbonyl (C=O) groups is 1. The number of aromatic nitrogens is 2. The van der Waals surface area contributed by atoms with Gasteiger partial charge in [0, 0.05) is 36.9 Å². The third-order valence-corrected chi connectivity index (χ3v) is 5.24. The average Bonchev–Trinajstić information content (AvgIpc) is 3.17. The van der Waals surface area contributed by atoms with Crippen LogP contribution in [0, 0.1) is 0 Å². The molecule has 0 radical (unpaired) electrons. The number of carbonyl (C=O) groups excluding carboxylic acids is 1. The van der Waals surface area contributed by atoms with Crippen molar-refractivity contribution in [2.45, 2.75) is 6.54 Å². The van der Waals surface area contributed by atoms with Crippen molar-refractivity contribution in [2.75, 3.05) is 31.5 Å². The summed E-state index contributed by atoms with van der Waals surface area (Å²) in [7, 11) is 0. The van der Waals surface area contributed by atoms with E-state index in [1.165, 1.54) is 0 Å². The molecular weight excluding hydrogens is 413 g/mol. The number of amides is 2. The molecule has 1 fully saturated rings. The van der Waals surface area contributed by atoms with Gasteiger partial charge in [0.2, 0.25) is 0 Å². The first kappa shape index (κ1) is 19.7. The number of nitrogens with zero attached hydrogens (tertiary/aromatic N) is 4. The number of anilines is 1. The van der Waals surface area contributed by atoms with E-state index in [9.17, 15) is 4.79 Å². The second-order valence-electron chi connectivity index (χ2n) is 6.70. The van der Waals surface area contributed by atoms with Crippen molar-refractivity contribution in [3.05, 3.63) is 64.4 Å². The van der Waals surface area contributed by atoms with E-state index in [1.807, 2.05) is 24.3 Å². The fourth-order valence-corrected chi connectivity index (χ4v) is 3.55. The number of hydrogen-bond acceptors (Lipinski definition) is 5. The number of nitrogens with one attached hydrogen (secondary N) is 1. The molecule has 0 aliphatic carbocycles. The molecule has 1 aliphatic rings. The zero-order valence-corrected chi connectivity index (χ0v) is 17.0. The molecule has 4 rings (SSSR count). The van der Waals surface area contributed by atoms with Gasteiger partial charge in [0.15, 0.2) is 5.82 Å². The lowest BCUT2D eigenvalue weighted by atomic mass is 10.2. The van der Waals surface area contributed by atoms with E-state index in [-0.39, 0.29) is 6.03 Å². The third kappa shape index (κ3) is 4.87. The van der Waals surface area contributed by atoms with Crippen LogP contribution in [0.5, 0.6) is 0 Å². The van der Waals surface area contributed by atoms with Gasteiger partial charge in [-0.2, -0.15) is 4.98 Å². The van der Waals surface area contributed by atoms with Crippen LogP contribution >= 0.6 is 23.2 Å². The van der Waals surface area contributed by atoms with E-state index in [0.717, 1.165) is 18.7 Å². The number of rotatable bonds is 4. The van der Waals surface area contributed by atoms with Crippen molar-refractivity contribution >= 4 is 34.9 Å². The molecule has 1 saturated heterocycles. The largest absolute Gasteiger partial charge is 0.334 e. The molecule has 2 aromatic carbocycles. The van der Waals surface area contributed by atoms with Gasteiger partial charge in [-0.15, -0.1) is 0 Å². The monoisotopic (exact) mass is 431 g/mol. The molecule has 150 valence electrons. The Morgan fingerprint density at radius 1 is 1.07 bits per heavy atom. The van der Waals surface area contributed by atoms with Gasteiger partial charge in [0.05, 0.1) is 17.1 Å². The topological polar surface area (TPSA) is 74.5 Å². The summed E-state index contributed by atoms with van der Waals surface area (Å²) in [5.74, 6) is 1.00. The summed E-state index contributed by atoms with van der Waals surface area (Å²) in [6.07, 6.45) is 0. The summed E-state index contributed by atoms with van der Waals surface area (Å²) in [5.41, 5.74) is 1.40. The van der Waals surface area contributed by atoms with Crippen LogP contribution < -0.4 is 5.32 Å². The number of hydrogen-bond donors (Lipinski definition) is 1. The highest BCUT2D eigenvalue weighted by Crippen LogP contribution is 2.26. The molecule has 9 heteroatoms. The van der Waals surface area contributed by atoms with Crippen LogP contribution in [0.2, 0.25) is 10.0 Å². The number of halogens is 2. The molecule has 1 aliphatic heterocycles. The van der Waals surface area contributed by atoms with E-state index in [0.29, 0.717) is 47.1 Å². The Bertz CT molecular complexity index is 1000. The van der Waals surface area contributed by atoms with Gasteiger partial charge in [-0.1, -0.05) is 46.6 Å². The molecule has 29 heavy (non-hydrogen) atoms. The van der Waals surface area contributed by atoms with Gasteiger partial charge < -0.3 is 14.7 Å². The minimum Gasteiger partial charge on any atom is -0.334 e. The average molecular weight is 432 g/mol. The lowest BCUT2D eigenvalue weighted by molar-refractivity contribution is 0.140. The summed E-state index contributed by atoms with van der Waals surface area (Å²) in [5, 5.41) is 8.09. The number of benzene rings is 2. The van der Waals surface area contributed by atoms with Crippen LogP contribution in [0.4, 0.5) is 10.5 Å². The zero-order chi connectivity index (χ0) is 20.2. The number of urea groups is 1. The summed E-state index contributed by atoms with van der Waals surface area (Å²) in [6, 6.07) is 14.3. The van der Waals surface area contributed by atoms with Gasteiger partial charge in [-0.25, -0.2) is 4.79 Å². The third-order valence-electron chi connectivity index (χ3n) is 4.67. The summed E-state index contributed by atoms with van der Waals surface area (Å²) >= 11 is 12.1. The SMILES string of the molecule is O=C(Nc1cccc(Cl)c1)N1CCN(Cc2noc(-c3ccccc3Cl)n2)CC1. The van der Waals surface area contributed by atoms with E-state index < -0.39 is 0 Å². The van der Waals surface area contributed by atoms with Crippen LogP contribution in [0.3, 0.4) is 0 Å². The minimum absolute atomic E-state index is 0.132. The first-order valence-electron chi connectivity index (χ1n) is 9.20. The lowest BCUT2D eigenvalue weighted by Crippen LogP contribution is -2.49. The smallest absolute Gasteiger partial charge is 0.321 e. The second kappa shape index (κ2) is 8.82. The molecule has 2 heterocycles. The van der Waals surface area contributed by atoms with Crippen molar-refractivity contribution < 1.29 is 9.32 Å². The molecule has 2 amide bonds. The molecule has 0 atom stereocenters. The summed E-state index contributed by atoms with van der Waals surface area (Å²) in [4.78, 5) is 20.8. The predicted molar refractivity (Wildman–Crippen MR) is 112 cm³/mol. The van der Waals surface area contributed by atoms with E-state index >= 15 is 0 Å².